The highest BCUT2D eigenvalue weighted by Gasteiger charge is 2.23. The minimum atomic E-state index is -1.09. The summed E-state index contributed by atoms with van der Waals surface area (Å²) < 4.78 is 17.9. The predicted octanol–water partition coefficient (Wildman–Crippen LogP) is 1.90. The predicted molar refractivity (Wildman–Crippen MR) is 69.4 cm³/mol. The number of phenols is 1. The van der Waals surface area contributed by atoms with E-state index in [1.165, 1.54) is 12.1 Å². The van der Waals surface area contributed by atoms with Crippen molar-refractivity contribution < 1.29 is 19.0 Å². The van der Waals surface area contributed by atoms with E-state index in [4.69, 9.17) is 10.5 Å². The van der Waals surface area contributed by atoms with E-state index in [1.54, 1.807) is 0 Å². The highest BCUT2D eigenvalue weighted by molar-refractivity contribution is 9.10. The Kier molecular flexibility index (Phi) is 5.01. The lowest BCUT2D eigenvalue weighted by Crippen LogP contribution is -2.07. The first-order valence-electron chi connectivity index (χ1n) is 4.89. The fourth-order valence-corrected chi connectivity index (χ4v) is 1.61. The van der Waals surface area contributed by atoms with Gasteiger partial charge in [0.2, 0.25) is 5.71 Å². The average Bonchev–Trinajstić information content (AvgIpc) is 2.45. The lowest BCUT2D eigenvalue weighted by molar-refractivity contribution is 0.0592. The first-order valence-corrected chi connectivity index (χ1v) is 5.68. The first kappa shape index (κ1) is 15.4. The number of halogens is 2. The molecular weight excluding hydrogens is 335 g/mol. The Bertz CT molecular complexity index is 660. The normalized spacial score (nSPS) is 9.05. The number of esters is 1. The van der Waals surface area contributed by atoms with Crippen LogP contribution in [0.5, 0.6) is 5.75 Å². The maximum atomic E-state index is 13.7. The van der Waals surface area contributed by atoms with Gasteiger partial charge in [0.15, 0.2) is 11.6 Å². The molecule has 0 amide bonds. The van der Waals surface area contributed by atoms with Gasteiger partial charge in [0, 0.05) is 0 Å². The van der Waals surface area contributed by atoms with Crippen molar-refractivity contribution in [1.29, 1.82) is 10.5 Å². The Labute approximate surface area is 121 Å². The van der Waals surface area contributed by atoms with Gasteiger partial charge in [-0.3, -0.25) is 5.43 Å². The Balaban J connectivity index is 3.35. The van der Waals surface area contributed by atoms with Gasteiger partial charge in [-0.05, 0) is 22.0 Å². The monoisotopic (exact) mass is 340 g/mol. The molecule has 0 fully saturated rings. The number of hydrogen-bond donors (Lipinski definition) is 2. The molecule has 0 aliphatic carbocycles. The number of nitriles is 2. The Morgan fingerprint density at radius 1 is 1.55 bits per heavy atom. The van der Waals surface area contributed by atoms with E-state index >= 15 is 0 Å². The van der Waals surface area contributed by atoms with Crippen LogP contribution in [0.3, 0.4) is 0 Å². The van der Waals surface area contributed by atoms with Gasteiger partial charge in [-0.15, -0.1) is 0 Å². The van der Waals surface area contributed by atoms with E-state index < -0.39 is 28.8 Å². The summed E-state index contributed by atoms with van der Waals surface area (Å²) >= 11 is 2.86. The molecule has 2 N–H and O–H groups in total. The molecule has 102 valence electrons. The second-order valence-corrected chi connectivity index (χ2v) is 4.09. The van der Waals surface area contributed by atoms with Crippen molar-refractivity contribution in [3.8, 4) is 17.9 Å². The molecule has 0 atom stereocenters. The second-order valence-electron chi connectivity index (χ2n) is 3.23. The number of benzene rings is 1. The van der Waals surface area contributed by atoms with Gasteiger partial charge in [0.1, 0.15) is 23.4 Å². The SMILES string of the molecule is COC(=O)c1c(O)c(NN=C(C#N)C#N)cc(Br)c1F. The topological polar surface area (TPSA) is 118 Å². The number of hydrogen-bond acceptors (Lipinski definition) is 7. The number of ether oxygens (including phenoxy) is 1. The summed E-state index contributed by atoms with van der Waals surface area (Å²) in [5.74, 6) is -2.85. The van der Waals surface area contributed by atoms with Crippen LogP contribution in [-0.4, -0.2) is 23.9 Å². The molecule has 1 aromatic carbocycles. The van der Waals surface area contributed by atoms with Crippen LogP contribution in [-0.2, 0) is 4.74 Å². The lowest BCUT2D eigenvalue weighted by Gasteiger charge is -2.10. The number of carbonyl (C=O) groups is 1. The van der Waals surface area contributed by atoms with E-state index in [2.05, 4.69) is 31.2 Å². The van der Waals surface area contributed by atoms with Crippen LogP contribution in [0.2, 0.25) is 0 Å². The highest BCUT2D eigenvalue weighted by atomic mass is 79.9. The number of carbonyl (C=O) groups excluding carboxylic acids is 1. The molecule has 0 aromatic heterocycles. The number of nitrogens with one attached hydrogen (secondary N) is 1. The van der Waals surface area contributed by atoms with Crippen LogP contribution >= 0.6 is 15.9 Å². The molecule has 0 radical (unpaired) electrons. The molecule has 0 heterocycles. The van der Waals surface area contributed by atoms with E-state index in [-0.39, 0.29) is 10.2 Å². The van der Waals surface area contributed by atoms with Crippen LogP contribution in [0.1, 0.15) is 10.4 Å². The lowest BCUT2D eigenvalue weighted by atomic mass is 10.1. The van der Waals surface area contributed by atoms with Gasteiger partial charge in [-0.1, -0.05) is 0 Å². The maximum absolute atomic E-state index is 13.7. The third-order valence-electron chi connectivity index (χ3n) is 2.08. The fraction of sp³-hybridized carbons (Fsp3) is 0.0909. The van der Waals surface area contributed by atoms with Crippen LogP contribution in [0.15, 0.2) is 15.6 Å². The van der Waals surface area contributed by atoms with Gasteiger partial charge >= 0.3 is 5.97 Å². The summed E-state index contributed by atoms with van der Waals surface area (Å²) in [7, 11) is 1.02. The minimum absolute atomic E-state index is 0.135. The molecule has 0 aliphatic rings. The van der Waals surface area contributed by atoms with Gasteiger partial charge < -0.3 is 9.84 Å². The smallest absolute Gasteiger partial charge is 0.344 e. The average molecular weight is 341 g/mol. The zero-order chi connectivity index (χ0) is 15.3. The molecule has 9 heteroatoms. The molecule has 1 aromatic rings. The first-order chi connectivity index (χ1) is 9.46. The second kappa shape index (κ2) is 6.50. The van der Waals surface area contributed by atoms with Crippen molar-refractivity contribution in [2.75, 3.05) is 12.5 Å². The number of nitrogens with zero attached hydrogens (tertiary/aromatic N) is 3. The summed E-state index contributed by atoms with van der Waals surface area (Å²) in [6.07, 6.45) is 0. The van der Waals surface area contributed by atoms with E-state index in [9.17, 15) is 14.3 Å². The summed E-state index contributed by atoms with van der Waals surface area (Å²) in [5, 5.41) is 30.2. The Hall–Kier alpha value is -2.65. The minimum Gasteiger partial charge on any atom is -0.505 e. The van der Waals surface area contributed by atoms with E-state index in [0.29, 0.717) is 0 Å². The van der Waals surface area contributed by atoms with Gasteiger partial charge in [-0.25, -0.2) is 9.18 Å². The molecular formula is C11H6BrFN4O3. The number of anilines is 1. The van der Waals surface area contributed by atoms with Crippen molar-refractivity contribution in [3.05, 3.63) is 21.9 Å². The van der Waals surface area contributed by atoms with Crippen molar-refractivity contribution in [3.63, 3.8) is 0 Å². The fourth-order valence-electron chi connectivity index (χ4n) is 1.18. The molecule has 7 nitrogen and oxygen atoms in total. The molecule has 0 saturated heterocycles. The van der Waals surface area contributed by atoms with Crippen molar-refractivity contribution >= 4 is 33.3 Å². The van der Waals surface area contributed by atoms with E-state index in [0.717, 1.165) is 13.2 Å². The van der Waals surface area contributed by atoms with Gasteiger partial charge in [-0.2, -0.15) is 15.6 Å². The molecule has 0 aliphatic heterocycles. The third kappa shape index (κ3) is 3.02. The standard InChI is InChI=1S/C11H6BrFN4O3/c1-20-11(19)8-9(13)6(12)2-7(10(8)18)17-16-5(3-14)4-15/h2,17-18H,1H3. The zero-order valence-electron chi connectivity index (χ0n) is 9.94. The van der Waals surface area contributed by atoms with Crippen molar-refractivity contribution in [1.82, 2.24) is 0 Å². The zero-order valence-corrected chi connectivity index (χ0v) is 11.5. The highest BCUT2D eigenvalue weighted by Crippen LogP contribution is 2.35. The van der Waals surface area contributed by atoms with Gasteiger partial charge in [0.05, 0.1) is 11.6 Å². The summed E-state index contributed by atoms with van der Waals surface area (Å²) in [4.78, 5) is 11.4. The maximum Gasteiger partial charge on any atom is 0.344 e. The van der Waals surface area contributed by atoms with Crippen LogP contribution in [0.25, 0.3) is 0 Å². The van der Waals surface area contributed by atoms with Crippen LogP contribution in [0.4, 0.5) is 10.1 Å². The van der Waals surface area contributed by atoms with Crippen LogP contribution < -0.4 is 5.43 Å². The summed E-state index contributed by atoms with van der Waals surface area (Å²) in [6, 6.07) is 4.06. The van der Waals surface area contributed by atoms with Gasteiger partial charge in [0.25, 0.3) is 0 Å². The quantitative estimate of drug-likeness (QED) is 0.375. The molecule has 0 unspecified atom stereocenters. The van der Waals surface area contributed by atoms with Crippen molar-refractivity contribution in [2.45, 2.75) is 0 Å². The van der Waals surface area contributed by atoms with Crippen LogP contribution in [0, 0.1) is 28.5 Å². The van der Waals surface area contributed by atoms with Crippen molar-refractivity contribution in [2.24, 2.45) is 5.10 Å². The van der Waals surface area contributed by atoms with E-state index in [1.807, 2.05) is 0 Å². The summed E-state index contributed by atoms with van der Waals surface area (Å²) in [6.45, 7) is 0. The molecule has 0 bridgehead atoms. The number of methoxy groups -OCH3 is 1. The molecule has 0 spiro atoms. The molecule has 20 heavy (non-hydrogen) atoms. The Morgan fingerprint density at radius 3 is 2.65 bits per heavy atom. The number of aromatic hydroxyl groups is 1. The third-order valence-corrected chi connectivity index (χ3v) is 2.66. The number of rotatable bonds is 3. The largest absolute Gasteiger partial charge is 0.505 e. The molecule has 0 saturated carbocycles. The number of phenolic OH excluding ortho intramolecular Hbond substituents is 1. The molecule has 1 rings (SSSR count). The number of hydrazone groups is 1. The Morgan fingerprint density at radius 2 is 2.15 bits per heavy atom. The summed E-state index contributed by atoms with van der Waals surface area (Å²) in [5.41, 5.74) is 0.803.